The van der Waals surface area contributed by atoms with Crippen molar-refractivity contribution in [2.24, 2.45) is 23.2 Å². The Morgan fingerprint density at radius 1 is 1.24 bits per heavy atom. The number of amides is 1. The molecule has 0 aliphatic heterocycles. The molecule has 29 heavy (non-hydrogen) atoms. The molecule has 4 saturated carbocycles. The van der Waals surface area contributed by atoms with E-state index in [0.717, 1.165) is 50.2 Å². The van der Waals surface area contributed by atoms with E-state index in [1.807, 2.05) is 24.3 Å². The van der Waals surface area contributed by atoms with Gasteiger partial charge < -0.3 is 10.2 Å². The van der Waals surface area contributed by atoms with Crippen LogP contribution >= 0.6 is 11.6 Å². The van der Waals surface area contributed by atoms with Gasteiger partial charge in [0, 0.05) is 13.1 Å². The second-order valence-corrected chi connectivity index (χ2v) is 10.5. The van der Waals surface area contributed by atoms with Gasteiger partial charge in [-0.2, -0.15) is 0 Å². The molecule has 4 fully saturated rings. The lowest BCUT2D eigenvalue weighted by molar-refractivity contribution is -0.0503. The van der Waals surface area contributed by atoms with Crippen LogP contribution < -0.4 is 5.32 Å². The highest BCUT2D eigenvalue weighted by atomic mass is 35.5. The topological polar surface area (TPSA) is 32.3 Å². The van der Waals surface area contributed by atoms with Crippen molar-refractivity contribution in [3.05, 3.63) is 47.0 Å². The van der Waals surface area contributed by atoms with Crippen LogP contribution in [0.1, 0.15) is 60.9 Å². The molecule has 1 N–H and O–H groups in total. The first-order valence-electron chi connectivity index (χ1n) is 11.3. The molecule has 5 rings (SSSR count). The maximum absolute atomic E-state index is 13.0. The van der Waals surface area contributed by atoms with E-state index in [-0.39, 0.29) is 5.91 Å². The van der Waals surface area contributed by atoms with Gasteiger partial charge in [0.2, 0.25) is 0 Å². The van der Waals surface area contributed by atoms with Crippen LogP contribution in [0.15, 0.2) is 30.9 Å². The normalized spacial score (nSPS) is 30.0. The van der Waals surface area contributed by atoms with E-state index in [2.05, 4.69) is 23.8 Å². The first-order chi connectivity index (χ1) is 14.0. The Morgan fingerprint density at radius 2 is 1.90 bits per heavy atom. The lowest BCUT2D eigenvalue weighted by atomic mass is 9.49. The van der Waals surface area contributed by atoms with E-state index >= 15 is 0 Å². The number of rotatable bonds is 9. The number of carbonyl (C=O) groups is 1. The highest BCUT2D eigenvalue weighted by molar-refractivity contribution is 6.33. The predicted octanol–water partition coefficient (Wildman–Crippen LogP) is 5.34. The third kappa shape index (κ3) is 4.88. The van der Waals surface area contributed by atoms with E-state index in [1.165, 1.54) is 44.1 Å². The standard InChI is InChI=1S/C25H35ClN2O/c1-3-8-28(2)9-4-5-18-6-7-23(26)22(13-18)24(29)27-17-25-14-19-10-20(15-25)12-21(11-19)16-25/h3,6-7,13,19-21H,1,4-5,8-12,14-17H2,2H3,(H,27,29). The van der Waals surface area contributed by atoms with E-state index in [0.29, 0.717) is 16.0 Å². The van der Waals surface area contributed by atoms with Gasteiger partial charge in [-0.15, -0.1) is 6.58 Å². The number of carbonyl (C=O) groups excluding carboxylic acids is 1. The van der Waals surface area contributed by atoms with Gasteiger partial charge in [0.1, 0.15) is 0 Å². The molecule has 3 nitrogen and oxygen atoms in total. The van der Waals surface area contributed by atoms with Crippen LogP contribution in [-0.2, 0) is 6.42 Å². The first kappa shape index (κ1) is 20.9. The minimum absolute atomic E-state index is 0.00336. The van der Waals surface area contributed by atoms with E-state index < -0.39 is 0 Å². The molecule has 4 heteroatoms. The van der Waals surface area contributed by atoms with E-state index in [4.69, 9.17) is 11.6 Å². The second kappa shape index (κ2) is 8.81. The summed E-state index contributed by atoms with van der Waals surface area (Å²) in [5, 5.41) is 3.83. The van der Waals surface area contributed by atoms with Gasteiger partial charge in [-0.25, -0.2) is 0 Å². The van der Waals surface area contributed by atoms with Crippen molar-refractivity contribution in [1.29, 1.82) is 0 Å². The zero-order valence-electron chi connectivity index (χ0n) is 17.8. The predicted molar refractivity (Wildman–Crippen MR) is 120 cm³/mol. The number of halogens is 1. The van der Waals surface area contributed by atoms with Gasteiger partial charge in [-0.1, -0.05) is 23.7 Å². The largest absolute Gasteiger partial charge is 0.351 e. The molecular formula is C25H35ClN2O. The van der Waals surface area contributed by atoms with Gasteiger partial charge >= 0.3 is 0 Å². The Morgan fingerprint density at radius 3 is 2.52 bits per heavy atom. The van der Waals surface area contributed by atoms with Gasteiger partial charge in [0.15, 0.2) is 0 Å². The van der Waals surface area contributed by atoms with Crippen molar-refractivity contribution in [2.45, 2.75) is 51.4 Å². The monoisotopic (exact) mass is 414 g/mol. The highest BCUT2D eigenvalue weighted by Gasteiger charge is 2.50. The smallest absolute Gasteiger partial charge is 0.252 e. The van der Waals surface area contributed by atoms with Crippen molar-refractivity contribution in [3.8, 4) is 0 Å². The third-order valence-corrected chi connectivity index (χ3v) is 7.84. The van der Waals surface area contributed by atoms with Crippen LogP contribution in [0.5, 0.6) is 0 Å². The summed E-state index contributed by atoms with van der Waals surface area (Å²) in [7, 11) is 2.10. The zero-order chi connectivity index (χ0) is 20.4. The Balaban J connectivity index is 1.34. The van der Waals surface area contributed by atoms with Crippen molar-refractivity contribution < 1.29 is 4.79 Å². The fourth-order valence-corrected chi connectivity index (χ4v) is 6.84. The Kier molecular flexibility index (Phi) is 6.36. The summed E-state index contributed by atoms with van der Waals surface area (Å²) < 4.78 is 0. The van der Waals surface area contributed by atoms with Crippen molar-refractivity contribution >= 4 is 17.5 Å². The molecule has 4 bridgehead atoms. The maximum atomic E-state index is 13.0. The van der Waals surface area contributed by atoms with Crippen LogP contribution in [-0.4, -0.2) is 37.5 Å². The Hall–Kier alpha value is -1.32. The number of hydrogen-bond donors (Lipinski definition) is 1. The van der Waals surface area contributed by atoms with Crippen LogP contribution in [0.25, 0.3) is 0 Å². The fraction of sp³-hybridized carbons (Fsp3) is 0.640. The fourth-order valence-electron chi connectivity index (χ4n) is 6.64. The minimum atomic E-state index is -0.00336. The van der Waals surface area contributed by atoms with Crippen molar-refractivity contribution in [2.75, 3.05) is 26.7 Å². The molecule has 0 spiro atoms. The molecule has 1 aromatic rings. The number of hydrogen-bond acceptors (Lipinski definition) is 2. The maximum Gasteiger partial charge on any atom is 0.252 e. The summed E-state index contributed by atoms with van der Waals surface area (Å²) in [6.45, 7) is 6.52. The molecule has 0 radical (unpaired) electrons. The molecule has 4 aliphatic rings. The molecule has 1 aromatic carbocycles. The molecule has 158 valence electrons. The van der Waals surface area contributed by atoms with E-state index in [1.54, 1.807) is 0 Å². The van der Waals surface area contributed by atoms with Crippen molar-refractivity contribution in [1.82, 2.24) is 10.2 Å². The third-order valence-electron chi connectivity index (χ3n) is 7.51. The van der Waals surface area contributed by atoms with Gasteiger partial charge in [0.05, 0.1) is 10.6 Å². The summed E-state index contributed by atoms with van der Waals surface area (Å²) in [6, 6.07) is 5.92. The van der Waals surface area contributed by atoms with Crippen LogP contribution in [0.4, 0.5) is 0 Å². The first-order valence-corrected chi connectivity index (χ1v) is 11.7. The Bertz CT molecular complexity index is 724. The molecule has 0 atom stereocenters. The molecule has 0 saturated heterocycles. The zero-order valence-corrected chi connectivity index (χ0v) is 18.5. The number of likely N-dealkylation sites (N-methyl/N-ethyl adjacent to an activating group) is 1. The van der Waals surface area contributed by atoms with Crippen LogP contribution in [0, 0.1) is 23.2 Å². The molecule has 0 aromatic heterocycles. The number of benzene rings is 1. The lowest BCUT2D eigenvalue weighted by Crippen LogP contribution is -2.51. The average molecular weight is 415 g/mol. The quantitative estimate of drug-likeness (QED) is 0.553. The molecule has 4 aliphatic carbocycles. The van der Waals surface area contributed by atoms with E-state index in [9.17, 15) is 4.79 Å². The van der Waals surface area contributed by atoms with Gasteiger partial charge in [-0.05, 0) is 106 Å². The average Bonchev–Trinajstić information content (AvgIpc) is 2.67. The molecule has 1 amide bonds. The summed E-state index contributed by atoms with van der Waals surface area (Å²) in [5.74, 6) is 2.72. The SMILES string of the molecule is C=CCN(C)CCCc1ccc(Cl)c(C(=O)NCC23CC4CC(CC(C4)C2)C3)c1. The number of aryl methyl sites for hydroxylation is 1. The molecular weight excluding hydrogens is 380 g/mol. The highest BCUT2D eigenvalue weighted by Crippen LogP contribution is 2.59. The summed E-state index contributed by atoms with van der Waals surface area (Å²) in [4.78, 5) is 15.2. The lowest BCUT2D eigenvalue weighted by Gasteiger charge is -2.56. The summed E-state index contributed by atoms with van der Waals surface area (Å²) >= 11 is 6.39. The molecule has 0 heterocycles. The van der Waals surface area contributed by atoms with Gasteiger partial charge in [-0.3, -0.25) is 4.79 Å². The Labute approximate surface area is 180 Å². The molecule has 0 unspecified atom stereocenters. The minimum Gasteiger partial charge on any atom is -0.351 e. The second-order valence-electron chi connectivity index (χ2n) is 10.1. The number of nitrogens with zero attached hydrogens (tertiary/aromatic N) is 1. The number of nitrogens with one attached hydrogen (secondary N) is 1. The summed E-state index contributed by atoms with van der Waals surface area (Å²) in [5.41, 5.74) is 2.17. The summed E-state index contributed by atoms with van der Waals surface area (Å²) in [6.07, 6.45) is 12.2. The van der Waals surface area contributed by atoms with Gasteiger partial charge in [0.25, 0.3) is 5.91 Å². The van der Waals surface area contributed by atoms with Crippen molar-refractivity contribution in [3.63, 3.8) is 0 Å². The van der Waals surface area contributed by atoms with Crippen LogP contribution in [0.3, 0.4) is 0 Å². The van der Waals surface area contributed by atoms with Crippen LogP contribution in [0.2, 0.25) is 5.02 Å².